The Hall–Kier alpha value is -0.810. The summed E-state index contributed by atoms with van der Waals surface area (Å²) in [6.07, 6.45) is 8.79. The van der Waals surface area contributed by atoms with Gasteiger partial charge >= 0.3 is 5.97 Å². The number of amides is 1. The zero-order valence-corrected chi connectivity index (χ0v) is 16.8. The van der Waals surface area contributed by atoms with Crippen LogP contribution < -0.4 is 10.6 Å². The van der Waals surface area contributed by atoms with Gasteiger partial charge in [-0.2, -0.15) is 0 Å². The molecule has 5 nitrogen and oxygen atoms in total. The normalized spacial score (nSPS) is 38.3. The third kappa shape index (κ3) is 4.72. The third-order valence-electron chi connectivity index (χ3n) is 6.77. The van der Waals surface area contributed by atoms with Crippen LogP contribution in [0, 0.1) is 17.8 Å². The van der Waals surface area contributed by atoms with Gasteiger partial charge in [-0.3, -0.25) is 9.59 Å². The van der Waals surface area contributed by atoms with Gasteiger partial charge in [0.05, 0.1) is 19.6 Å². The van der Waals surface area contributed by atoms with E-state index in [1.807, 2.05) is 0 Å². The Labute approximate surface area is 161 Å². The van der Waals surface area contributed by atoms with E-state index in [0.717, 1.165) is 32.1 Å². The average Bonchev–Trinajstić information content (AvgIpc) is 3.07. The highest BCUT2D eigenvalue weighted by Gasteiger charge is 2.42. The molecule has 0 aromatic rings. The van der Waals surface area contributed by atoms with Crippen molar-refractivity contribution in [3.8, 4) is 0 Å². The lowest BCUT2D eigenvalue weighted by Gasteiger charge is -2.33. The molecule has 3 aliphatic rings. The van der Waals surface area contributed by atoms with E-state index in [2.05, 4.69) is 17.6 Å². The third-order valence-corrected chi connectivity index (χ3v) is 7.16. The second kappa shape index (κ2) is 8.92. The Morgan fingerprint density at radius 2 is 1.96 bits per heavy atom. The lowest BCUT2D eigenvalue weighted by atomic mass is 9.78. The molecular weight excluding hydrogens is 352 g/mol. The first-order chi connectivity index (χ1) is 12.5. The van der Waals surface area contributed by atoms with E-state index in [1.54, 1.807) is 0 Å². The smallest absolute Gasteiger partial charge is 0.307 e. The Morgan fingerprint density at radius 3 is 2.65 bits per heavy atom. The van der Waals surface area contributed by atoms with Gasteiger partial charge in [-0.25, -0.2) is 0 Å². The molecule has 0 aromatic carbocycles. The van der Waals surface area contributed by atoms with Gasteiger partial charge in [0, 0.05) is 17.5 Å². The van der Waals surface area contributed by atoms with Crippen molar-refractivity contribution < 1.29 is 14.3 Å². The fourth-order valence-electron chi connectivity index (χ4n) is 5.29. The lowest BCUT2D eigenvalue weighted by molar-refractivity contribution is -0.141. The standard InChI is InChI=1S/C20H33ClN2O3/c1-12-5-3-7-14-10-17(22-19(12)14)20(25)23-16(11-18(24)26-2)13-6-4-8-15(21)9-13/h12-17,19,22H,3-11H2,1-2H3,(H,23,25)/t12?,13?,14?,15?,16-,17?,19?/m1/s1. The molecule has 7 atom stereocenters. The maximum absolute atomic E-state index is 12.9. The predicted molar refractivity (Wildman–Crippen MR) is 102 cm³/mol. The number of halogens is 1. The van der Waals surface area contributed by atoms with Crippen molar-refractivity contribution in [3.05, 3.63) is 0 Å². The first-order valence-corrected chi connectivity index (χ1v) is 10.7. The Bertz CT molecular complexity index is 515. The maximum Gasteiger partial charge on any atom is 0.307 e. The molecule has 2 saturated carbocycles. The Kier molecular flexibility index (Phi) is 6.84. The zero-order valence-electron chi connectivity index (χ0n) is 16.0. The minimum atomic E-state index is -0.270. The molecule has 3 rings (SSSR count). The van der Waals surface area contributed by atoms with E-state index in [1.165, 1.54) is 26.4 Å². The minimum Gasteiger partial charge on any atom is -0.469 e. The number of alkyl halides is 1. The molecule has 0 aromatic heterocycles. The number of carbonyl (C=O) groups is 2. The van der Waals surface area contributed by atoms with Gasteiger partial charge in [0.15, 0.2) is 0 Å². The van der Waals surface area contributed by atoms with Crippen molar-refractivity contribution >= 4 is 23.5 Å². The summed E-state index contributed by atoms with van der Waals surface area (Å²) in [5.74, 6) is 1.26. The molecule has 0 radical (unpaired) electrons. The van der Waals surface area contributed by atoms with E-state index in [0.29, 0.717) is 17.9 Å². The molecule has 0 spiro atoms. The molecule has 2 N–H and O–H groups in total. The number of esters is 1. The van der Waals surface area contributed by atoms with Crippen molar-refractivity contribution in [2.45, 2.75) is 88.2 Å². The van der Waals surface area contributed by atoms with Crippen LogP contribution in [0.3, 0.4) is 0 Å². The second-order valence-electron chi connectivity index (χ2n) is 8.57. The summed E-state index contributed by atoms with van der Waals surface area (Å²) in [6.45, 7) is 2.28. The first-order valence-electron chi connectivity index (χ1n) is 10.2. The largest absolute Gasteiger partial charge is 0.469 e. The van der Waals surface area contributed by atoms with E-state index in [-0.39, 0.29) is 41.7 Å². The summed E-state index contributed by atoms with van der Waals surface area (Å²) in [5, 5.41) is 6.89. The molecule has 1 amide bonds. The number of ether oxygens (including phenoxy) is 1. The maximum atomic E-state index is 12.9. The van der Waals surface area contributed by atoms with Crippen molar-refractivity contribution in [3.63, 3.8) is 0 Å². The van der Waals surface area contributed by atoms with Crippen LogP contribution in [-0.2, 0) is 14.3 Å². The summed E-state index contributed by atoms with van der Waals surface area (Å²) in [7, 11) is 1.40. The van der Waals surface area contributed by atoms with Crippen molar-refractivity contribution in [2.24, 2.45) is 17.8 Å². The molecule has 2 aliphatic carbocycles. The van der Waals surface area contributed by atoms with Crippen LogP contribution in [0.2, 0.25) is 0 Å². The Morgan fingerprint density at radius 1 is 1.19 bits per heavy atom. The van der Waals surface area contributed by atoms with Crippen LogP contribution in [0.25, 0.3) is 0 Å². The second-order valence-corrected chi connectivity index (χ2v) is 9.19. The van der Waals surface area contributed by atoms with Crippen LogP contribution in [0.1, 0.15) is 64.7 Å². The van der Waals surface area contributed by atoms with Crippen LogP contribution in [0.4, 0.5) is 0 Å². The quantitative estimate of drug-likeness (QED) is 0.564. The van der Waals surface area contributed by atoms with Gasteiger partial charge < -0.3 is 15.4 Å². The molecule has 1 saturated heterocycles. The summed E-state index contributed by atoms with van der Waals surface area (Å²) >= 11 is 6.35. The summed E-state index contributed by atoms with van der Waals surface area (Å²) in [4.78, 5) is 24.8. The molecule has 1 heterocycles. The van der Waals surface area contributed by atoms with Gasteiger partial charge in [-0.1, -0.05) is 19.8 Å². The van der Waals surface area contributed by atoms with Crippen LogP contribution in [0.5, 0.6) is 0 Å². The predicted octanol–water partition coefficient (Wildman–Crippen LogP) is 3.00. The molecule has 0 bridgehead atoms. The van der Waals surface area contributed by atoms with Gasteiger partial charge in [0.2, 0.25) is 5.91 Å². The summed E-state index contributed by atoms with van der Waals surface area (Å²) in [6, 6.07) is 0.139. The van der Waals surface area contributed by atoms with Gasteiger partial charge in [-0.15, -0.1) is 11.6 Å². The van der Waals surface area contributed by atoms with Crippen molar-refractivity contribution in [1.82, 2.24) is 10.6 Å². The lowest BCUT2D eigenvalue weighted by Crippen LogP contribution is -2.51. The molecule has 26 heavy (non-hydrogen) atoms. The van der Waals surface area contributed by atoms with Crippen LogP contribution in [-0.4, -0.2) is 42.5 Å². The molecule has 3 fully saturated rings. The molecular formula is C20H33ClN2O3. The average molecular weight is 385 g/mol. The highest BCUT2D eigenvalue weighted by atomic mass is 35.5. The minimum absolute atomic E-state index is 0.0391. The number of hydrogen-bond acceptors (Lipinski definition) is 4. The van der Waals surface area contributed by atoms with E-state index in [4.69, 9.17) is 16.3 Å². The van der Waals surface area contributed by atoms with Crippen LogP contribution >= 0.6 is 11.6 Å². The SMILES string of the molecule is COC(=O)C[C@@H](NC(=O)C1CC2CCCC(C)C2N1)C1CCCC(Cl)C1. The number of methoxy groups -OCH3 is 1. The highest BCUT2D eigenvalue weighted by Crippen LogP contribution is 2.37. The first kappa shape index (κ1) is 19.9. The molecule has 148 valence electrons. The molecule has 6 unspecified atom stereocenters. The monoisotopic (exact) mass is 384 g/mol. The fraction of sp³-hybridized carbons (Fsp3) is 0.900. The van der Waals surface area contributed by atoms with Gasteiger partial charge in [0.1, 0.15) is 0 Å². The van der Waals surface area contributed by atoms with Crippen molar-refractivity contribution in [1.29, 1.82) is 0 Å². The number of nitrogens with one attached hydrogen (secondary N) is 2. The van der Waals surface area contributed by atoms with E-state index < -0.39 is 0 Å². The fourth-order valence-corrected chi connectivity index (χ4v) is 5.67. The van der Waals surface area contributed by atoms with Crippen molar-refractivity contribution in [2.75, 3.05) is 7.11 Å². The molecule has 6 heteroatoms. The number of rotatable bonds is 5. The van der Waals surface area contributed by atoms with E-state index in [9.17, 15) is 9.59 Å². The van der Waals surface area contributed by atoms with Gasteiger partial charge in [0.25, 0.3) is 0 Å². The van der Waals surface area contributed by atoms with Gasteiger partial charge in [-0.05, 0) is 56.3 Å². The summed E-state index contributed by atoms with van der Waals surface area (Å²) < 4.78 is 4.86. The number of hydrogen-bond donors (Lipinski definition) is 2. The zero-order chi connectivity index (χ0) is 18.7. The van der Waals surface area contributed by atoms with Crippen LogP contribution in [0.15, 0.2) is 0 Å². The Balaban J connectivity index is 1.62. The molecule has 1 aliphatic heterocycles. The number of carbonyl (C=O) groups excluding carboxylic acids is 2. The van der Waals surface area contributed by atoms with E-state index >= 15 is 0 Å². The highest BCUT2D eigenvalue weighted by molar-refractivity contribution is 6.20. The topological polar surface area (TPSA) is 67.4 Å². The number of fused-ring (bicyclic) bond motifs is 1. The summed E-state index contributed by atoms with van der Waals surface area (Å²) in [5.41, 5.74) is 0.